The van der Waals surface area contributed by atoms with Gasteiger partial charge in [-0.05, 0) is 24.3 Å². The second-order valence-corrected chi connectivity index (χ2v) is 5.13. The molecule has 1 N–H and O–H groups in total. The van der Waals surface area contributed by atoms with Gasteiger partial charge in [-0.15, -0.1) is 5.10 Å². The molecule has 1 aliphatic rings. The Kier molecular flexibility index (Phi) is 3.87. The summed E-state index contributed by atoms with van der Waals surface area (Å²) in [4.78, 5) is 17.7. The number of hydrogen-bond donors (Lipinski definition) is 1. The summed E-state index contributed by atoms with van der Waals surface area (Å²) in [5.41, 5.74) is 4.79. The van der Waals surface area contributed by atoms with Crippen molar-refractivity contribution in [3.63, 3.8) is 0 Å². The van der Waals surface area contributed by atoms with E-state index in [0.29, 0.717) is 23.2 Å². The first-order chi connectivity index (χ1) is 10.3. The number of carbonyl (C=O) groups excluding carboxylic acids is 1. The van der Waals surface area contributed by atoms with Crippen LogP contribution in [0.25, 0.3) is 0 Å². The number of carbonyl (C=O) groups is 1. The lowest BCUT2D eigenvalue weighted by Crippen LogP contribution is -2.28. The third-order valence-electron chi connectivity index (χ3n) is 2.77. The molecule has 0 spiro atoms. The summed E-state index contributed by atoms with van der Waals surface area (Å²) in [5.74, 6) is 0.101. The second kappa shape index (κ2) is 5.96. The van der Waals surface area contributed by atoms with Crippen LogP contribution in [0.15, 0.2) is 35.3 Å². The fourth-order valence-corrected chi connectivity index (χ4v) is 2.67. The van der Waals surface area contributed by atoms with Gasteiger partial charge < -0.3 is 4.74 Å². The predicted octanol–water partition coefficient (Wildman–Crippen LogP) is 1.93. The van der Waals surface area contributed by atoms with Crippen LogP contribution in [0.5, 0.6) is 0 Å². The Morgan fingerprint density at radius 3 is 3.05 bits per heavy atom. The van der Waals surface area contributed by atoms with Gasteiger partial charge in [0, 0.05) is 5.75 Å². The molecule has 2 heterocycles. The molecule has 21 heavy (non-hydrogen) atoms. The number of benzene rings is 1. The number of amidine groups is 1. The van der Waals surface area contributed by atoms with E-state index in [4.69, 9.17) is 4.74 Å². The molecule has 7 nitrogen and oxygen atoms in total. The highest BCUT2D eigenvalue weighted by Crippen LogP contribution is 2.23. The maximum atomic E-state index is 11.7. The number of thioether (sulfide) groups is 1. The van der Waals surface area contributed by atoms with Gasteiger partial charge in [0.2, 0.25) is 0 Å². The molecule has 0 unspecified atom stereocenters. The van der Waals surface area contributed by atoms with Crippen molar-refractivity contribution < 1.29 is 9.53 Å². The van der Waals surface area contributed by atoms with Crippen LogP contribution in [0.2, 0.25) is 0 Å². The number of hydrogen-bond acceptors (Lipinski definition) is 6. The molecule has 3 rings (SSSR count). The van der Waals surface area contributed by atoms with Crippen LogP contribution in [-0.2, 0) is 10.5 Å². The van der Waals surface area contributed by atoms with Crippen molar-refractivity contribution in [2.75, 3.05) is 12.0 Å². The molecule has 0 amide bonds. The van der Waals surface area contributed by atoms with Gasteiger partial charge in [0.1, 0.15) is 5.69 Å². The molecule has 0 atom stereocenters. The molecule has 0 saturated heterocycles. The minimum absolute atomic E-state index is 0.246. The fourth-order valence-electron chi connectivity index (χ4n) is 1.82. The van der Waals surface area contributed by atoms with E-state index in [-0.39, 0.29) is 5.69 Å². The quantitative estimate of drug-likeness (QED) is 0.873. The summed E-state index contributed by atoms with van der Waals surface area (Å²) in [6.45, 7) is 2.07. The van der Waals surface area contributed by atoms with Gasteiger partial charge >= 0.3 is 5.97 Å². The lowest BCUT2D eigenvalue weighted by Gasteiger charge is -2.16. The van der Waals surface area contributed by atoms with Crippen LogP contribution in [0.1, 0.15) is 23.1 Å². The Bertz CT molecular complexity index is 683. The van der Waals surface area contributed by atoms with Gasteiger partial charge in [0.25, 0.3) is 0 Å². The molecule has 2 aromatic rings. The third kappa shape index (κ3) is 2.89. The topological polar surface area (TPSA) is 81.4 Å². The first-order valence-corrected chi connectivity index (χ1v) is 7.41. The summed E-state index contributed by atoms with van der Waals surface area (Å²) in [5, 5.41) is 8.48. The van der Waals surface area contributed by atoms with Gasteiger partial charge in [-0.1, -0.05) is 30.0 Å². The minimum atomic E-state index is -0.454. The van der Waals surface area contributed by atoms with E-state index in [1.807, 2.05) is 30.3 Å². The highest BCUT2D eigenvalue weighted by atomic mass is 32.2. The number of esters is 1. The molecular weight excluding hydrogens is 290 g/mol. The van der Waals surface area contributed by atoms with E-state index < -0.39 is 5.97 Å². The van der Waals surface area contributed by atoms with Crippen molar-refractivity contribution in [2.45, 2.75) is 12.7 Å². The zero-order valence-corrected chi connectivity index (χ0v) is 12.1. The zero-order chi connectivity index (χ0) is 14.7. The van der Waals surface area contributed by atoms with E-state index in [2.05, 4.69) is 20.7 Å². The van der Waals surface area contributed by atoms with Crippen molar-refractivity contribution >= 4 is 28.6 Å². The highest BCUT2D eigenvalue weighted by Gasteiger charge is 2.25. The number of para-hydroxylation sites is 1. The Balaban J connectivity index is 1.81. The van der Waals surface area contributed by atoms with E-state index in [1.54, 1.807) is 6.92 Å². The smallest absolute Gasteiger partial charge is 0.360 e. The molecule has 0 bridgehead atoms. The monoisotopic (exact) mass is 303 g/mol. The number of aliphatic imine (C=N–C) groups is 1. The van der Waals surface area contributed by atoms with Crippen molar-refractivity contribution in [3.05, 3.63) is 41.7 Å². The van der Waals surface area contributed by atoms with E-state index in [9.17, 15) is 4.79 Å². The summed E-state index contributed by atoms with van der Waals surface area (Å²) in [7, 11) is 0. The van der Waals surface area contributed by atoms with E-state index >= 15 is 0 Å². The molecule has 0 fully saturated rings. The Morgan fingerprint density at radius 2 is 2.29 bits per heavy atom. The van der Waals surface area contributed by atoms with Crippen molar-refractivity contribution in [1.29, 1.82) is 0 Å². The first kappa shape index (κ1) is 13.6. The first-order valence-electron chi connectivity index (χ1n) is 6.43. The molecule has 108 valence electrons. The zero-order valence-electron chi connectivity index (χ0n) is 11.3. The molecule has 1 aliphatic heterocycles. The third-order valence-corrected chi connectivity index (χ3v) is 3.64. The van der Waals surface area contributed by atoms with Crippen LogP contribution < -0.4 is 5.43 Å². The van der Waals surface area contributed by atoms with Gasteiger partial charge in [0.15, 0.2) is 10.9 Å². The van der Waals surface area contributed by atoms with Crippen LogP contribution >= 0.6 is 11.8 Å². The maximum Gasteiger partial charge on any atom is 0.360 e. The Morgan fingerprint density at radius 1 is 1.48 bits per heavy atom. The molecule has 1 aromatic carbocycles. The van der Waals surface area contributed by atoms with Crippen LogP contribution in [0.4, 0.5) is 5.69 Å². The number of nitrogens with one attached hydrogen (secondary N) is 1. The molecule has 0 aliphatic carbocycles. The van der Waals surface area contributed by atoms with Crippen LogP contribution in [0, 0.1) is 0 Å². The fraction of sp³-hybridized carbons (Fsp3) is 0.231. The van der Waals surface area contributed by atoms with Gasteiger partial charge in [0.05, 0.1) is 12.3 Å². The SMILES string of the molecule is CCOC(=O)c1nnn2c1CSC(=Nc1ccccc1)N2. The van der Waals surface area contributed by atoms with Crippen molar-refractivity contribution in [2.24, 2.45) is 4.99 Å². The Labute approximate surface area is 125 Å². The van der Waals surface area contributed by atoms with Gasteiger partial charge in [-0.25, -0.2) is 9.79 Å². The largest absolute Gasteiger partial charge is 0.461 e. The number of fused-ring (bicyclic) bond motifs is 1. The van der Waals surface area contributed by atoms with Crippen molar-refractivity contribution in [3.8, 4) is 0 Å². The number of ether oxygens (including phenoxy) is 1. The summed E-state index contributed by atoms with van der Waals surface area (Å²) < 4.78 is 4.95. The number of rotatable bonds is 3. The predicted molar refractivity (Wildman–Crippen MR) is 80.2 cm³/mol. The summed E-state index contributed by atoms with van der Waals surface area (Å²) in [6.07, 6.45) is 0. The summed E-state index contributed by atoms with van der Waals surface area (Å²) >= 11 is 1.49. The van der Waals surface area contributed by atoms with Gasteiger partial charge in [-0.3, -0.25) is 5.43 Å². The highest BCUT2D eigenvalue weighted by molar-refractivity contribution is 8.13. The number of nitrogens with zero attached hydrogens (tertiary/aromatic N) is 4. The van der Waals surface area contributed by atoms with E-state index in [1.165, 1.54) is 16.6 Å². The minimum Gasteiger partial charge on any atom is -0.461 e. The standard InChI is InChI=1S/C13H13N5O2S/c1-2-20-12(19)11-10-8-21-13(16-18(10)17-15-11)14-9-6-4-3-5-7-9/h3-7H,2,8H2,1H3,(H,14,16). The lowest BCUT2D eigenvalue weighted by atomic mass is 10.3. The lowest BCUT2D eigenvalue weighted by molar-refractivity contribution is 0.0518. The molecule has 0 saturated carbocycles. The maximum absolute atomic E-state index is 11.7. The normalized spacial score (nSPS) is 15.4. The van der Waals surface area contributed by atoms with Crippen LogP contribution in [0.3, 0.4) is 0 Å². The average molecular weight is 303 g/mol. The second-order valence-electron chi connectivity index (χ2n) is 4.17. The average Bonchev–Trinajstić information content (AvgIpc) is 2.92. The summed E-state index contributed by atoms with van der Waals surface area (Å²) in [6, 6.07) is 9.61. The molecule has 1 aromatic heterocycles. The van der Waals surface area contributed by atoms with E-state index in [0.717, 1.165) is 5.69 Å². The Hall–Kier alpha value is -2.35. The molecule has 0 radical (unpaired) electrons. The van der Waals surface area contributed by atoms with Gasteiger partial charge in [-0.2, -0.15) is 4.79 Å². The number of aromatic nitrogens is 3. The molecular formula is C13H13N5O2S. The van der Waals surface area contributed by atoms with Crippen LogP contribution in [-0.4, -0.2) is 32.8 Å². The van der Waals surface area contributed by atoms with Crippen molar-refractivity contribution in [1.82, 2.24) is 15.1 Å². The molecule has 8 heteroatoms.